The highest BCUT2D eigenvalue weighted by molar-refractivity contribution is 5.93. The molecular weight excluding hydrogens is 294 g/mol. The van der Waals surface area contributed by atoms with Crippen molar-refractivity contribution < 1.29 is 14.6 Å². The number of aromatic carboxylic acids is 1. The van der Waals surface area contributed by atoms with Crippen LogP contribution in [0.2, 0.25) is 0 Å². The van der Waals surface area contributed by atoms with Gasteiger partial charge in [0.1, 0.15) is 11.4 Å². The number of aromatic nitrogens is 3. The summed E-state index contributed by atoms with van der Waals surface area (Å²) in [4.78, 5) is 11.5. The first kappa shape index (κ1) is 14.8. The molecule has 1 N–H and O–H groups in total. The van der Waals surface area contributed by atoms with Gasteiger partial charge in [0.2, 0.25) is 0 Å². The number of nitrogens with zero attached hydrogens (tertiary/aromatic N) is 3. The van der Waals surface area contributed by atoms with Crippen molar-refractivity contribution in [1.29, 1.82) is 0 Å². The maximum Gasteiger partial charge on any atom is 0.358 e. The standard InChI is InChI=1S/C17H15N3O3/c1-11-6-3-4-9-14(11)16-15(17(21)22)18-19-20(16)12-7-5-8-13(10-12)23-2/h3-10H,1-2H3,(H,21,22). The summed E-state index contributed by atoms with van der Waals surface area (Å²) in [5.41, 5.74) is 2.77. The van der Waals surface area contributed by atoms with Crippen LogP contribution in [0.1, 0.15) is 16.1 Å². The zero-order valence-corrected chi connectivity index (χ0v) is 12.7. The number of carboxylic acid groups (broad SMARTS) is 1. The molecule has 2 aromatic carbocycles. The summed E-state index contributed by atoms with van der Waals surface area (Å²) in [7, 11) is 1.57. The fourth-order valence-electron chi connectivity index (χ4n) is 2.43. The summed E-state index contributed by atoms with van der Waals surface area (Å²) >= 11 is 0. The average molecular weight is 309 g/mol. The van der Waals surface area contributed by atoms with Crippen LogP contribution >= 0.6 is 0 Å². The van der Waals surface area contributed by atoms with E-state index in [9.17, 15) is 9.90 Å². The largest absolute Gasteiger partial charge is 0.497 e. The highest BCUT2D eigenvalue weighted by Crippen LogP contribution is 2.29. The Labute approximate surface area is 133 Å². The van der Waals surface area contributed by atoms with Crippen molar-refractivity contribution in [3.8, 4) is 22.7 Å². The minimum atomic E-state index is -1.11. The molecule has 116 valence electrons. The van der Waals surface area contributed by atoms with Crippen LogP contribution in [-0.2, 0) is 0 Å². The number of aryl methyl sites for hydroxylation is 1. The predicted octanol–water partition coefficient (Wildman–Crippen LogP) is 2.95. The molecule has 1 heterocycles. The Kier molecular flexibility index (Phi) is 3.80. The van der Waals surface area contributed by atoms with Gasteiger partial charge in [-0.05, 0) is 24.6 Å². The van der Waals surface area contributed by atoms with Crippen molar-refractivity contribution in [2.45, 2.75) is 6.92 Å². The van der Waals surface area contributed by atoms with Crippen molar-refractivity contribution in [2.24, 2.45) is 0 Å². The normalized spacial score (nSPS) is 10.5. The van der Waals surface area contributed by atoms with Gasteiger partial charge in [-0.25, -0.2) is 9.48 Å². The van der Waals surface area contributed by atoms with Crippen molar-refractivity contribution in [1.82, 2.24) is 15.0 Å². The van der Waals surface area contributed by atoms with Crippen LogP contribution in [0, 0.1) is 6.92 Å². The maximum absolute atomic E-state index is 11.5. The first-order chi connectivity index (χ1) is 11.1. The molecule has 0 saturated heterocycles. The fourth-order valence-corrected chi connectivity index (χ4v) is 2.43. The van der Waals surface area contributed by atoms with Crippen LogP contribution in [0.4, 0.5) is 0 Å². The number of hydrogen-bond acceptors (Lipinski definition) is 4. The summed E-state index contributed by atoms with van der Waals surface area (Å²) in [6.07, 6.45) is 0. The summed E-state index contributed by atoms with van der Waals surface area (Å²) in [6.45, 7) is 1.92. The minimum absolute atomic E-state index is 0.0814. The third kappa shape index (κ3) is 2.66. The van der Waals surface area contributed by atoms with E-state index in [0.29, 0.717) is 17.1 Å². The van der Waals surface area contributed by atoms with Gasteiger partial charge < -0.3 is 9.84 Å². The lowest BCUT2D eigenvalue weighted by molar-refractivity contribution is 0.0691. The Hall–Kier alpha value is -3.15. The smallest absolute Gasteiger partial charge is 0.358 e. The number of benzene rings is 2. The second-order valence-electron chi connectivity index (χ2n) is 5.02. The van der Waals surface area contributed by atoms with E-state index < -0.39 is 5.97 Å². The molecule has 0 radical (unpaired) electrons. The van der Waals surface area contributed by atoms with Crippen LogP contribution in [0.25, 0.3) is 16.9 Å². The Morgan fingerprint density at radius 1 is 1.17 bits per heavy atom. The lowest BCUT2D eigenvalue weighted by Crippen LogP contribution is -2.04. The molecule has 1 aromatic heterocycles. The van der Waals surface area contributed by atoms with Crippen molar-refractivity contribution in [3.05, 3.63) is 59.8 Å². The van der Waals surface area contributed by atoms with Crippen molar-refractivity contribution >= 4 is 5.97 Å². The van der Waals surface area contributed by atoms with E-state index in [2.05, 4.69) is 10.3 Å². The van der Waals surface area contributed by atoms with Crippen molar-refractivity contribution in [2.75, 3.05) is 7.11 Å². The molecule has 3 rings (SSSR count). The molecule has 0 atom stereocenters. The van der Waals surface area contributed by atoms with Crippen LogP contribution in [0.5, 0.6) is 5.75 Å². The van der Waals surface area contributed by atoms with Gasteiger partial charge in [0.05, 0.1) is 12.8 Å². The molecule has 0 aliphatic carbocycles. The number of methoxy groups -OCH3 is 1. The monoisotopic (exact) mass is 309 g/mol. The molecule has 0 fully saturated rings. The van der Waals surface area contributed by atoms with Crippen LogP contribution < -0.4 is 4.74 Å². The first-order valence-electron chi connectivity index (χ1n) is 7.01. The maximum atomic E-state index is 11.5. The molecular formula is C17H15N3O3. The molecule has 0 aliphatic heterocycles. The third-order valence-corrected chi connectivity index (χ3v) is 3.57. The molecule has 6 nitrogen and oxygen atoms in total. The second kappa shape index (κ2) is 5.92. The average Bonchev–Trinajstić information content (AvgIpc) is 3.00. The van der Waals surface area contributed by atoms with Gasteiger partial charge in [-0.1, -0.05) is 35.5 Å². The van der Waals surface area contributed by atoms with Crippen LogP contribution in [-0.4, -0.2) is 33.2 Å². The molecule has 0 bridgehead atoms. The summed E-state index contributed by atoms with van der Waals surface area (Å²) in [6, 6.07) is 14.8. The SMILES string of the molecule is COc1cccc(-n2nnc(C(=O)O)c2-c2ccccc2C)c1. The predicted molar refractivity (Wildman–Crippen MR) is 85.0 cm³/mol. The van der Waals surface area contributed by atoms with E-state index in [4.69, 9.17) is 4.74 Å². The third-order valence-electron chi connectivity index (χ3n) is 3.57. The first-order valence-corrected chi connectivity index (χ1v) is 7.01. The second-order valence-corrected chi connectivity index (χ2v) is 5.02. The highest BCUT2D eigenvalue weighted by atomic mass is 16.5. The quantitative estimate of drug-likeness (QED) is 0.801. The lowest BCUT2D eigenvalue weighted by atomic mass is 10.0. The summed E-state index contributed by atoms with van der Waals surface area (Å²) in [5, 5.41) is 17.3. The molecule has 0 unspecified atom stereocenters. The lowest BCUT2D eigenvalue weighted by Gasteiger charge is -2.10. The number of rotatable bonds is 4. The van der Waals surface area contributed by atoms with Gasteiger partial charge in [0, 0.05) is 11.6 Å². The van der Waals surface area contributed by atoms with E-state index in [0.717, 1.165) is 11.1 Å². The summed E-state index contributed by atoms with van der Waals surface area (Å²) < 4.78 is 6.74. The molecule has 23 heavy (non-hydrogen) atoms. The highest BCUT2D eigenvalue weighted by Gasteiger charge is 2.22. The van der Waals surface area contributed by atoms with Gasteiger partial charge >= 0.3 is 5.97 Å². The molecule has 0 spiro atoms. The van der Waals surface area contributed by atoms with Gasteiger partial charge in [-0.2, -0.15) is 0 Å². The van der Waals surface area contributed by atoms with Crippen molar-refractivity contribution in [3.63, 3.8) is 0 Å². The van der Waals surface area contributed by atoms with E-state index in [1.165, 1.54) is 4.68 Å². The zero-order valence-electron chi connectivity index (χ0n) is 12.7. The van der Waals surface area contributed by atoms with E-state index in [1.54, 1.807) is 13.2 Å². The number of carbonyl (C=O) groups is 1. The number of ether oxygens (including phenoxy) is 1. The Bertz CT molecular complexity index is 871. The van der Waals surface area contributed by atoms with Gasteiger partial charge in [-0.15, -0.1) is 5.10 Å². The molecule has 6 heteroatoms. The Morgan fingerprint density at radius 3 is 2.65 bits per heavy atom. The molecule has 3 aromatic rings. The summed E-state index contributed by atoms with van der Waals surface area (Å²) in [5.74, 6) is -0.456. The minimum Gasteiger partial charge on any atom is -0.497 e. The van der Waals surface area contributed by atoms with Gasteiger partial charge in [-0.3, -0.25) is 0 Å². The molecule has 0 saturated carbocycles. The Morgan fingerprint density at radius 2 is 1.96 bits per heavy atom. The van der Waals surface area contributed by atoms with E-state index >= 15 is 0 Å². The molecule has 0 aliphatic rings. The van der Waals surface area contributed by atoms with Gasteiger partial charge in [0.25, 0.3) is 0 Å². The Balaban J connectivity index is 2.26. The topological polar surface area (TPSA) is 77.2 Å². The van der Waals surface area contributed by atoms with Crippen LogP contribution in [0.3, 0.4) is 0 Å². The number of carboxylic acids is 1. The number of hydrogen-bond donors (Lipinski definition) is 1. The zero-order chi connectivity index (χ0) is 16.4. The van der Waals surface area contributed by atoms with E-state index in [1.807, 2.05) is 49.4 Å². The van der Waals surface area contributed by atoms with Gasteiger partial charge in [0.15, 0.2) is 5.69 Å². The van der Waals surface area contributed by atoms with E-state index in [-0.39, 0.29) is 5.69 Å². The fraction of sp³-hybridized carbons (Fsp3) is 0.118. The van der Waals surface area contributed by atoms with Crippen LogP contribution in [0.15, 0.2) is 48.5 Å². The molecule has 0 amide bonds.